The van der Waals surface area contributed by atoms with E-state index < -0.39 is 22.8 Å². The number of nitrogens with zero attached hydrogens (tertiary/aromatic N) is 6. The number of azo groups is 1. The lowest BCUT2D eigenvalue weighted by Gasteiger charge is -2.08. The summed E-state index contributed by atoms with van der Waals surface area (Å²) in [6.07, 6.45) is 0. The number of thiazole rings is 1. The number of rotatable bonds is 6. The monoisotopic (exact) mass is 450 g/mol. The summed E-state index contributed by atoms with van der Waals surface area (Å²) in [5, 5.41) is 35.4. The van der Waals surface area contributed by atoms with Crippen LogP contribution >= 0.6 is 11.3 Å². The standard InChI is InChI=1S/C20H14N6O5S/c1-11-17(23-22-14-7-5-12(6-8-14)19(28)29)18(27)25(24-11)20-21-16(10-32-20)13-3-2-4-15(9-13)26(30)31/h2-10,17H,1H3,(H,28,29)/t17-/m1/s1. The number of hydrogen-bond acceptors (Lipinski definition) is 9. The molecule has 0 unspecified atom stereocenters. The second-order valence-corrected chi connectivity index (χ2v) is 7.52. The van der Waals surface area contributed by atoms with Gasteiger partial charge >= 0.3 is 5.97 Å². The van der Waals surface area contributed by atoms with Crippen LogP contribution in [0, 0.1) is 10.1 Å². The van der Waals surface area contributed by atoms with Gasteiger partial charge in [0.05, 0.1) is 27.6 Å². The van der Waals surface area contributed by atoms with Crippen molar-refractivity contribution in [3.8, 4) is 11.3 Å². The lowest BCUT2D eigenvalue weighted by molar-refractivity contribution is -0.384. The number of anilines is 1. The predicted octanol–water partition coefficient (Wildman–Crippen LogP) is 4.29. The highest BCUT2D eigenvalue weighted by molar-refractivity contribution is 7.14. The predicted molar refractivity (Wildman–Crippen MR) is 117 cm³/mol. The van der Waals surface area contributed by atoms with Crippen molar-refractivity contribution >= 4 is 45.4 Å². The first-order valence-electron chi connectivity index (χ1n) is 9.17. The molecule has 1 amide bonds. The molecule has 1 aliphatic rings. The molecule has 0 aliphatic carbocycles. The van der Waals surface area contributed by atoms with E-state index in [1.807, 2.05) is 0 Å². The maximum Gasteiger partial charge on any atom is 0.335 e. The number of non-ortho nitro benzene ring substituents is 1. The van der Waals surface area contributed by atoms with Gasteiger partial charge in [-0.15, -0.1) is 11.3 Å². The molecule has 2 aromatic carbocycles. The number of benzene rings is 2. The first kappa shape index (κ1) is 20.9. The van der Waals surface area contributed by atoms with Crippen molar-refractivity contribution in [2.24, 2.45) is 15.3 Å². The van der Waals surface area contributed by atoms with Crippen molar-refractivity contribution in [3.63, 3.8) is 0 Å². The second-order valence-electron chi connectivity index (χ2n) is 6.68. The van der Waals surface area contributed by atoms with Gasteiger partial charge in [0.15, 0.2) is 6.04 Å². The number of carbonyl (C=O) groups excluding carboxylic acids is 1. The molecular formula is C20H14N6O5S. The van der Waals surface area contributed by atoms with Gasteiger partial charge in [-0.1, -0.05) is 12.1 Å². The third-order valence-corrected chi connectivity index (χ3v) is 5.34. The van der Waals surface area contributed by atoms with Crippen LogP contribution in [0.25, 0.3) is 11.3 Å². The van der Waals surface area contributed by atoms with Gasteiger partial charge in [-0.2, -0.15) is 20.3 Å². The molecule has 3 aromatic rings. The summed E-state index contributed by atoms with van der Waals surface area (Å²) in [5.41, 5.74) is 1.92. The summed E-state index contributed by atoms with van der Waals surface area (Å²) >= 11 is 1.17. The number of nitro benzene ring substituents is 1. The Bertz CT molecular complexity index is 1280. The maximum absolute atomic E-state index is 12.8. The van der Waals surface area contributed by atoms with Crippen LogP contribution < -0.4 is 5.01 Å². The Morgan fingerprint density at radius 1 is 1.25 bits per heavy atom. The molecule has 2 heterocycles. The van der Waals surface area contributed by atoms with Crippen molar-refractivity contribution in [2.75, 3.05) is 5.01 Å². The largest absolute Gasteiger partial charge is 0.478 e. The number of amides is 1. The summed E-state index contributed by atoms with van der Waals surface area (Å²) in [5.74, 6) is -1.49. The van der Waals surface area contributed by atoms with Crippen LogP contribution in [0.2, 0.25) is 0 Å². The SMILES string of the molecule is CC1=NN(c2nc(-c3cccc([N+](=O)[O-])c3)cs2)C(=O)[C@@H]1N=Nc1ccc(C(=O)O)cc1. The average Bonchev–Trinajstić information content (AvgIpc) is 3.37. The lowest BCUT2D eigenvalue weighted by atomic mass is 10.1. The van der Waals surface area contributed by atoms with Gasteiger partial charge in [-0.25, -0.2) is 9.78 Å². The Morgan fingerprint density at radius 3 is 2.69 bits per heavy atom. The molecule has 32 heavy (non-hydrogen) atoms. The average molecular weight is 450 g/mol. The molecule has 1 aliphatic heterocycles. The first-order chi connectivity index (χ1) is 15.3. The van der Waals surface area contributed by atoms with Crippen molar-refractivity contribution in [2.45, 2.75) is 13.0 Å². The molecule has 1 N–H and O–H groups in total. The fourth-order valence-electron chi connectivity index (χ4n) is 2.89. The zero-order valence-corrected chi connectivity index (χ0v) is 17.3. The van der Waals surface area contributed by atoms with Gasteiger partial charge in [0.25, 0.3) is 11.6 Å². The van der Waals surface area contributed by atoms with Gasteiger partial charge in [-0.3, -0.25) is 14.9 Å². The zero-order valence-electron chi connectivity index (χ0n) is 16.4. The maximum atomic E-state index is 12.8. The molecule has 160 valence electrons. The van der Waals surface area contributed by atoms with Crippen LogP contribution in [-0.4, -0.2) is 38.6 Å². The van der Waals surface area contributed by atoms with Crippen LogP contribution in [0.15, 0.2) is 69.2 Å². The molecule has 11 nitrogen and oxygen atoms in total. The van der Waals surface area contributed by atoms with Gasteiger partial charge in [0.1, 0.15) is 0 Å². The van der Waals surface area contributed by atoms with Crippen LogP contribution in [0.1, 0.15) is 17.3 Å². The number of carboxylic acid groups (broad SMARTS) is 1. The van der Waals surface area contributed by atoms with Gasteiger partial charge in [0.2, 0.25) is 5.13 Å². The van der Waals surface area contributed by atoms with Crippen molar-refractivity contribution in [1.82, 2.24) is 4.98 Å². The van der Waals surface area contributed by atoms with Crippen LogP contribution in [0.3, 0.4) is 0 Å². The summed E-state index contributed by atoms with van der Waals surface area (Å²) in [6.45, 7) is 1.64. The Labute approximate surface area is 184 Å². The number of nitro groups is 1. The number of hydrogen-bond donors (Lipinski definition) is 1. The van der Waals surface area contributed by atoms with Crippen molar-refractivity contribution in [1.29, 1.82) is 0 Å². The molecule has 1 atom stereocenters. The summed E-state index contributed by atoms with van der Waals surface area (Å²) in [7, 11) is 0. The highest BCUT2D eigenvalue weighted by Gasteiger charge is 2.36. The molecule has 0 bridgehead atoms. The molecule has 0 saturated carbocycles. The van der Waals surface area contributed by atoms with E-state index in [1.54, 1.807) is 24.4 Å². The minimum atomic E-state index is -1.05. The van der Waals surface area contributed by atoms with E-state index in [1.165, 1.54) is 47.7 Å². The number of aromatic nitrogens is 1. The molecule has 0 fully saturated rings. The summed E-state index contributed by atoms with van der Waals surface area (Å²) in [6, 6.07) is 10.9. The quantitative estimate of drug-likeness (QED) is 0.336. The Hall–Kier alpha value is -4.32. The summed E-state index contributed by atoms with van der Waals surface area (Å²) in [4.78, 5) is 38.6. The van der Waals surface area contributed by atoms with Crippen LogP contribution in [0.4, 0.5) is 16.5 Å². The van der Waals surface area contributed by atoms with E-state index in [0.29, 0.717) is 27.8 Å². The number of carbonyl (C=O) groups is 2. The Kier molecular flexibility index (Phi) is 5.52. The minimum Gasteiger partial charge on any atom is -0.478 e. The summed E-state index contributed by atoms with van der Waals surface area (Å²) < 4.78 is 0. The lowest BCUT2D eigenvalue weighted by Crippen LogP contribution is -2.29. The number of carboxylic acids is 1. The number of aromatic carboxylic acids is 1. The fourth-order valence-corrected chi connectivity index (χ4v) is 3.68. The third-order valence-electron chi connectivity index (χ3n) is 4.53. The van der Waals surface area contributed by atoms with E-state index in [9.17, 15) is 19.7 Å². The molecule has 4 rings (SSSR count). The normalized spacial score (nSPS) is 15.9. The number of hydrazone groups is 1. The first-order valence-corrected chi connectivity index (χ1v) is 10.0. The molecule has 12 heteroatoms. The Morgan fingerprint density at radius 2 is 2.00 bits per heavy atom. The third kappa shape index (κ3) is 4.11. The van der Waals surface area contributed by atoms with Gasteiger partial charge in [-0.05, 0) is 31.2 Å². The topological polar surface area (TPSA) is 151 Å². The molecular weight excluding hydrogens is 436 g/mol. The van der Waals surface area contributed by atoms with Gasteiger partial charge < -0.3 is 5.11 Å². The molecule has 0 saturated heterocycles. The smallest absolute Gasteiger partial charge is 0.335 e. The fraction of sp³-hybridized carbons (Fsp3) is 0.100. The molecule has 1 aromatic heterocycles. The van der Waals surface area contributed by atoms with Crippen molar-refractivity contribution < 1.29 is 19.6 Å². The van der Waals surface area contributed by atoms with Crippen LogP contribution in [-0.2, 0) is 4.79 Å². The Balaban J connectivity index is 1.52. The van der Waals surface area contributed by atoms with Gasteiger partial charge in [0, 0.05) is 23.1 Å². The van der Waals surface area contributed by atoms with E-state index >= 15 is 0 Å². The molecule has 0 spiro atoms. The molecule has 0 radical (unpaired) electrons. The van der Waals surface area contributed by atoms with Crippen LogP contribution in [0.5, 0.6) is 0 Å². The van der Waals surface area contributed by atoms with E-state index in [-0.39, 0.29) is 11.3 Å². The van der Waals surface area contributed by atoms with Crippen molar-refractivity contribution in [3.05, 3.63) is 69.6 Å². The van der Waals surface area contributed by atoms with E-state index in [0.717, 1.165) is 5.01 Å². The second kappa shape index (κ2) is 8.43. The van der Waals surface area contributed by atoms with E-state index in [2.05, 4.69) is 20.3 Å². The highest BCUT2D eigenvalue weighted by Crippen LogP contribution is 2.32. The van der Waals surface area contributed by atoms with E-state index in [4.69, 9.17) is 5.11 Å². The zero-order chi connectivity index (χ0) is 22.8. The minimum absolute atomic E-state index is 0.0555. The highest BCUT2D eigenvalue weighted by atomic mass is 32.1.